The second-order valence-electron chi connectivity index (χ2n) is 3.40. The van der Waals surface area contributed by atoms with Gasteiger partial charge in [0, 0.05) is 6.54 Å². The molecule has 1 rings (SSSR count). The molecular weight excluding hydrogens is 192 g/mol. The maximum Gasteiger partial charge on any atom is 0.234 e. The Kier molecular flexibility index (Phi) is 6.09. The van der Waals surface area contributed by atoms with Gasteiger partial charge < -0.3 is 4.90 Å². The predicted molar refractivity (Wildman–Crippen MR) is 60.0 cm³/mol. The first kappa shape index (κ1) is 11.6. The SMILES string of the molecule is O=C=NCCCCCCN1C=NC=NC1. The molecule has 0 atom stereocenters. The van der Waals surface area contributed by atoms with E-state index in [1.807, 2.05) is 6.34 Å². The molecule has 0 aliphatic carbocycles. The molecule has 0 bridgehead atoms. The third kappa shape index (κ3) is 5.75. The summed E-state index contributed by atoms with van der Waals surface area (Å²) in [5, 5.41) is 0. The molecule has 0 spiro atoms. The summed E-state index contributed by atoms with van der Waals surface area (Å²) in [6.07, 6.45) is 9.31. The molecular formula is C10H16N4O. The van der Waals surface area contributed by atoms with Crippen LogP contribution in [0.1, 0.15) is 25.7 Å². The van der Waals surface area contributed by atoms with E-state index in [1.165, 1.54) is 0 Å². The standard InChI is InChI=1S/C10H16N4O/c15-10-11-5-3-1-2-4-6-14-8-12-7-13-9-14/h7-8H,1-6,9H2. The topological polar surface area (TPSA) is 57.4 Å². The first-order valence-electron chi connectivity index (χ1n) is 5.23. The molecule has 0 unspecified atom stereocenters. The van der Waals surface area contributed by atoms with Crippen molar-refractivity contribution in [2.75, 3.05) is 19.8 Å². The molecule has 0 fully saturated rings. The van der Waals surface area contributed by atoms with E-state index in [9.17, 15) is 4.79 Å². The van der Waals surface area contributed by atoms with E-state index in [1.54, 1.807) is 12.4 Å². The highest BCUT2D eigenvalue weighted by Crippen LogP contribution is 2.02. The van der Waals surface area contributed by atoms with Crippen LogP contribution in [0.2, 0.25) is 0 Å². The number of aliphatic imine (C=N–C) groups is 3. The minimum absolute atomic E-state index is 0.610. The molecule has 1 aliphatic rings. The van der Waals surface area contributed by atoms with Crippen LogP contribution in [0.5, 0.6) is 0 Å². The predicted octanol–water partition coefficient (Wildman–Crippen LogP) is 1.21. The summed E-state index contributed by atoms with van der Waals surface area (Å²) < 4.78 is 0. The van der Waals surface area contributed by atoms with Crippen LogP contribution < -0.4 is 0 Å². The van der Waals surface area contributed by atoms with Gasteiger partial charge in [-0.3, -0.25) is 4.99 Å². The average Bonchev–Trinajstić information content (AvgIpc) is 2.29. The molecule has 0 radical (unpaired) electrons. The van der Waals surface area contributed by atoms with Gasteiger partial charge in [-0.05, 0) is 12.8 Å². The number of rotatable bonds is 7. The largest absolute Gasteiger partial charge is 0.343 e. The zero-order valence-corrected chi connectivity index (χ0v) is 8.80. The van der Waals surface area contributed by atoms with Gasteiger partial charge >= 0.3 is 0 Å². The van der Waals surface area contributed by atoms with Gasteiger partial charge in [0.2, 0.25) is 6.08 Å². The van der Waals surface area contributed by atoms with E-state index in [2.05, 4.69) is 19.9 Å². The Labute approximate surface area is 89.6 Å². The Bertz CT molecular complexity index is 269. The molecule has 15 heavy (non-hydrogen) atoms. The molecule has 5 nitrogen and oxygen atoms in total. The van der Waals surface area contributed by atoms with Gasteiger partial charge in [0.1, 0.15) is 13.0 Å². The van der Waals surface area contributed by atoms with Gasteiger partial charge in [-0.25, -0.2) is 14.8 Å². The Hall–Kier alpha value is -1.48. The summed E-state index contributed by atoms with van der Waals surface area (Å²) >= 11 is 0. The molecule has 82 valence electrons. The molecule has 0 aromatic rings. The van der Waals surface area contributed by atoms with E-state index in [0.717, 1.165) is 38.9 Å². The summed E-state index contributed by atoms with van der Waals surface area (Å²) in [5.41, 5.74) is 0. The van der Waals surface area contributed by atoms with Crippen LogP contribution in [0.3, 0.4) is 0 Å². The van der Waals surface area contributed by atoms with Crippen molar-refractivity contribution >= 4 is 18.8 Å². The van der Waals surface area contributed by atoms with E-state index < -0.39 is 0 Å². The molecule has 0 N–H and O–H groups in total. The van der Waals surface area contributed by atoms with E-state index in [-0.39, 0.29) is 0 Å². The van der Waals surface area contributed by atoms with E-state index in [4.69, 9.17) is 0 Å². The van der Waals surface area contributed by atoms with Crippen LogP contribution >= 0.6 is 0 Å². The van der Waals surface area contributed by atoms with Crippen molar-refractivity contribution in [1.29, 1.82) is 0 Å². The normalized spacial score (nSPS) is 14.0. The fourth-order valence-corrected chi connectivity index (χ4v) is 1.38. The summed E-state index contributed by atoms with van der Waals surface area (Å²) in [6, 6.07) is 0. The Balaban J connectivity index is 1.90. The van der Waals surface area contributed by atoms with Crippen molar-refractivity contribution in [3.63, 3.8) is 0 Å². The van der Waals surface area contributed by atoms with Gasteiger partial charge in [0.05, 0.1) is 12.9 Å². The lowest BCUT2D eigenvalue weighted by molar-refractivity contribution is 0.420. The molecule has 1 heterocycles. The lowest BCUT2D eigenvalue weighted by Crippen LogP contribution is -2.25. The smallest absolute Gasteiger partial charge is 0.234 e. The van der Waals surface area contributed by atoms with Crippen molar-refractivity contribution in [3.8, 4) is 0 Å². The van der Waals surface area contributed by atoms with Gasteiger partial charge in [-0.1, -0.05) is 12.8 Å². The minimum atomic E-state index is 0.610. The fourth-order valence-electron chi connectivity index (χ4n) is 1.38. The summed E-state index contributed by atoms with van der Waals surface area (Å²) in [4.78, 5) is 23.4. The molecule has 0 saturated carbocycles. The molecule has 5 heteroatoms. The average molecular weight is 208 g/mol. The van der Waals surface area contributed by atoms with Crippen molar-refractivity contribution in [2.45, 2.75) is 25.7 Å². The monoisotopic (exact) mass is 208 g/mol. The van der Waals surface area contributed by atoms with Crippen LogP contribution in [0, 0.1) is 0 Å². The lowest BCUT2D eigenvalue weighted by atomic mass is 10.2. The van der Waals surface area contributed by atoms with Gasteiger partial charge in [-0.15, -0.1) is 0 Å². The number of unbranched alkanes of at least 4 members (excludes halogenated alkanes) is 3. The zero-order chi connectivity index (χ0) is 10.8. The summed E-state index contributed by atoms with van der Waals surface area (Å²) in [7, 11) is 0. The lowest BCUT2D eigenvalue weighted by Gasteiger charge is -2.18. The summed E-state index contributed by atoms with van der Waals surface area (Å²) in [6.45, 7) is 2.33. The first-order chi connectivity index (χ1) is 7.43. The van der Waals surface area contributed by atoms with Crippen LogP contribution in [-0.4, -0.2) is 43.4 Å². The quantitative estimate of drug-likeness (QED) is 0.359. The minimum Gasteiger partial charge on any atom is -0.343 e. The number of carbonyl (C=O) groups excluding carboxylic acids is 1. The third-order valence-electron chi connectivity index (χ3n) is 2.17. The van der Waals surface area contributed by atoms with Crippen molar-refractivity contribution in [1.82, 2.24) is 4.90 Å². The van der Waals surface area contributed by atoms with Crippen LogP contribution in [0.25, 0.3) is 0 Å². The fraction of sp³-hybridized carbons (Fsp3) is 0.700. The molecule has 0 saturated heterocycles. The van der Waals surface area contributed by atoms with Crippen molar-refractivity contribution in [2.24, 2.45) is 15.0 Å². The van der Waals surface area contributed by atoms with E-state index >= 15 is 0 Å². The number of hydrogen-bond acceptors (Lipinski definition) is 5. The van der Waals surface area contributed by atoms with Crippen LogP contribution in [-0.2, 0) is 4.79 Å². The Morgan fingerprint density at radius 3 is 2.93 bits per heavy atom. The van der Waals surface area contributed by atoms with Crippen LogP contribution in [0.4, 0.5) is 0 Å². The van der Waals surface area contributed by atoms with Gasteiger partial charge in [0.15, 0.2) is 0 Å². The second-order valence-corrected chi connectivity index (χ2v) is 3.40. The van der Waals surface area contributed by atoms with E-state index in [0.29, 0.717) is 6.54 Å². The van der Waals surface area contributed by atoms with Crippen molar-refractivity contribution < 1.29 is 4.79 Å². The highest BCUT2D eigenvalue weighted by atomic mass is 16.1. The molecule has 0 aromatic carbocycles. The highest BCUT2D eigenvalue weighted by molar-refractivity contribution is 5.72. The maximum absolute atomic E-state index is 9.77. The zero-order valence-electron chi connectivity index (χ0n) is 8.80. The number of isocyanates is 1. The molecule has 0 amide bonds. The van der Waals surface area contributed by atoms with Crippen LogP contribution in [0.15, 0.2) is 15.0 Å². The summed E-state index contributed by atoms with van der Waals surface area (Å²) in [5.74, 6) is 0. The highest BCUT2D eigenvalue weighted by Gasteiger charge is 1.99. The number of nitrogens with zero attached hydrogens (tertiary/aromatic N) is 4. The van der Waals surface area contributed by atoms with Gasteiger partial charge in [-0.2, -0.15) is 0 Å². The molecule has 0 aromatic heterocycles. The molecule has 1 aliphatic heterocycles. The van der Waals surface area contributed by atoms with Gasteiger partial charge in [0.25, 0.3) is 0 Å². The Morgan fingerprint density at radius 2 is 2.20 bits per heavy atom. The maximum atomic E-state index is 9.77. The second kappa shape index (κ2) is 7.88. The number of hydrogen-bond donors (Lipinski definition) is 0. The third-order valence-corrected chi connectivity index (χ3v) is 2.17. The van der Waals surface area contributed by atoms with Crippen molar-refractivity contribution in [3.05, 3.63) is 0 Å². The first-order valence-corrected chi connectivity index (χ1v) is 5.23. The Morgan fingerprint density at radius 1 is 1.33 bits per heavy atom.